The van der Waals surface area contributed by atoms with E-state index in [4.69, 9.17) is 15.2 Å². The van der Waals surface area contributed by atoms with Gasteiger partial charge in [0.1, 0.15) is 0 Å². The van der Waals surface area contributed by atoms with Gasteiger partial charge in [0, 0.05) is 32.0 Å². The van der Waals surface area contributed by atoms with Crippen LogP contribution in [0.2, 0.25) is 0 Å². The van der Waals surface area contributed by atoms with Crippen LogP contribution in [0.5, 0.6) is 0 Å². The van der Waals surface area contributed by atoms with Gasteiger partial charge >= 0.3 is 0 Å². The van der Waals surface area contributed by atoms with Gasteiger partial charge < -0.3 is 20.5 Å². The Balaban J connectivity index is 2.05. The molecule has 14 heavy (non-hydrogen) atoms. The third-order valence-corrected chi connectivity index (χ3v) is 3.30. The van der Waals surface area contributed by atoms with Crippen LogP contribution < -0.4 is 11.1 Å². The molecular formula is C10H20N2O2. The molecular weight excluding hydrogens is 180 g/mol. The van der Waals surface area contributed by atoms with E-state index in [1.165, 1.54) is 0 Å². The average Bonchev–Trinajstić information content (AvgIpc) is 2.63. The highest BCUT2D eigenvalue weighted by Crippen LogP contribution is 2.37. The molecule has 2 fully saturated rings. The number of piperidine rings is 1. The highest BCUT2D eigenvalue weighted by Gasteiger charge is 2.47. The van der Waals surface area contributed by atoms with Crippen LogP contribution in [0, 0.1) is 5.92 Å². The van der Waals surface area contributed by atoms with Crippen molar-refractivity contribution in [3.8, 4) is 0 Å². The molecule has 0 saturated carbocycles. The monoisotopic (exact) mass is 200 g/mol. The van der Waals surface area contributed by atoms with Crippen LogP contribution in [-0.2, 0) is 9.47 Å². The minimum Gasteiger partial charge on any atom is -0.347 e. The molecule has 3 N–H and O–H groups in total. The van der Waals surface area contributed by atoms with E-state index in [0.717, 1.165) is 25.9 Å². The average molecular weight is 200 g/mol. The lowest BCUT2D eigenvalue weighted by atomic mass is 9.90. The summed E-state index contributed by atoms with van der Waals surface area (Å²) in [6.07, 6.45) is 2.13. The van der Waals surface area contributed by atoms with E-state index in [1.807, 2.05) is 0 Å². The highest BCUT2D eigenvalue weighted by atomic mass is 16.7. The summed E-state index contributed by atoms with van der Waals surface area (Å²) in [7, 11) is 0. The van der Waals surface area contributed by atoms with Crippen LogP contribution in [0.4, 0.5) is 0 Å². The van der Waals surface area contributed by atoms with Crippen LogP contribution in [0.25, 0.3) is 0 Å². The second-order valence-corrected chi connectivity index (χ2v) is 4.16. The first-order chi connectivity index (χ1) is 6.80. The van der Waals surface area contributed by atoms with Gasteiger partial charge in [-0.2, -0.15) is 0 Å². The predicted molar refractivity (Wildman–Crippen MR) is 53.9 cm³/mol. The molecule has 4 nitrogen and oxygen atoms in total. The first kappa shape index (κ1) is 10.4. The van der Waals surface area contributed by atoms with Gasteiger partial charge in [-0.05, 0) is 6.42 Å². The normalized spacial score (nSPS) is 43.3. The van der Waals surface area contributed by atoms with Crippen molar-refractivity contribution in [2.75, 3.05) is 26.2 Å². The van der Waals surface area contributed by atoms with Crippen molar-refractivity contribution in [3.05, 3.63) is 0 Å². The maximum atomic E-state index is 5.96. The minimum absolute atomic E-state index is 0.0992. The van der Waals surface area contributed by atoms with E-state index in [-0.39, 0.29) is 11.9 Å². The Kier molecular flexibility index (Phi) is 3.07. The first-order valence-electron chi connectivity index (χ1n) is 5.53. The Morgan fingerprint density at radius 3 is 3.07 bits per heavy atom. The van der Waals surface area contributed by atoms with Crippen LogP contribution in [0.3, 0.4) is 0 Å². The maximum Gasteiger partial charge on any atom is 0.174 e. The Hall–Kier alpha value is -0.160. The van der Waals surface area contributed by atoms with Gasteiger partial charge in [0.25, 0.3) is 0 Å². The van der Waals surface area contributed by atoms with Gasteiger partial charge in [0.2, 0.25) is 0 Å². The maximum absolute atomic E-state index is 5.96. The van der Waals surface area contributed by atoms with Gasteiger partial charge in [-0.1, -0.05) is 6.92 Å². The first-order valence-corrected chi connectivity index (χ1v) is 5.53. The summed E-state index contributed by atoms with van der Waals surface area (Å²) in [6.45, 7) is 5.38. The molecule has 3 unspecified atom stereocenters. The van der Waals surface area contributed by atoms with Crippen LogP contribution in [0.15, 0.2) is 0 Å². The van der Waals surface area contributed by atoms with Gasteiger partial charge in [-0.25, -0.2) is 0 Å². The van der Waals surface area contributed by atoms with Crippen molar-refractivity contribution in [2.24, 2.45) is 11.7 Å². The quantitative estimate of drug-likeness (QED) is 0.662. The summed E-state index contributed by atoms with van der Waals surface area (Å²) in [5.41, 5.74) is 5.59. The number of nitrogens with two attached hydrogens (primary N) is 1. The van der Waals surface area contributed by atoms with Gasteiger partial charge in [-0.15, -0.1) is 0 Å². The zero-order chi connectivity index (χ0) is 10.0. The van der Waals surface area contributed by atoms with Crippen molar-refractivity contribution >= 4 is 0 Å². The molecule has 1 spiro atoms. The fourth-order valence-electron chi connectivity index (χ4n) is 2.40. The summed E-state index contributed by atoms with van der Waals surface area (Å²) >= 11 is 0. The van der Waals surface area contributed by atoms with Crippen LogP contribution >= 0.6 is 0 Å². The molecule has 2 aliphatic heterocycles. The van der Waals surface area contributed by atoms with Crippen molar-refractivity contribution in [3.63, 3.8) is 0 Å². The Morgan fingerprint density at radius 2 is 2.43 bits per heavy atom. The summed E-state index contributed by atoms with van der Waals surface area (Å²) in [5, 5.41) is 3.38. The molecule has 0 amide bonds. The molecule has 2 rings (SSSR count). The third kappa shape index (κ3) is 1.67. The van der Waals surface area contributed by atoms with E-state index in [2.05, 4.69) is 12.2 Å². The van der Waals surface area contributed by atoms with Crippen molar-refractivity contribution in [1.29, 1.82) is 0 Å². The van der Waals surface area contributed by atoms with Gasteiger partial charge in [0.15, 0.2) is 5.79 Å². The summed E-state index contributed by atoms with van der Waals surface area (Å²) in [4.78, 5) is 0. The lowest BCUT2D eigenvalue weighted by Crippen LogP contribution is -2.51. The standard InChI is InChI=1S/C10H20N2O2/c1-2-8-6-12-4-3-10(8)13-7-9(5-11)14-10/h8-9,12H,2-7,11H2,1H3. The lowest BCUT2D eigenvalue weighted by Gasteiger charge is -2.39. The second-order valence-electron chi connectivity index (χ2n) is 4.16. The molecule has 0 aromatic carbocycles. The summed E-state index contributed by atoms with van der Waals surface area (Å²) in [5.74, 6) is 0.136. The zero-order valence-electron chi connectivity index (χ0n) is 8.79. The minimum atomic E-state index is -0.329. The van der Waals surface area contributed by atoms with Gasteiger partial charge in [0.05, 0.1) is 12.7 Å². The Bertz CT molecular complexity index is 201. The molecule has 4 heteroatoms. The van der Waals surface area contributed by atoms with E-state index < -0.39 is 0 Å². The summed E-state index contributed by atoms with van der Waals surface area (Å²) in [6, 6.07) is 0. The molecule has 0 aliphatic carbocycles. The van der Waals surface area contributed by atoms with Crippen molar-refractivity contribution in [1.82, 2.24) is 5.32 Å². The largest absolute Gasteiger partial charge is 0.347 e. The molecule has 3 atom stereocenters. The fourth-order valence-corrected chi connectivity index (χ4v) is 2.40. The number of ether oxygens (including phenoxy) is 2. The van der Waals surface area contributed by atoms with E-state index in [1.54, 1.807) is 0 Å². The van der Waals surface area contributed by atoms with Crippen LogP contribution in [-0.4, -0.2) is 38.1 Å². The predicted octanol–water partition coefficient (Wildman–Crippen LogP) is 0.0763. The molecule has 0 bridgehead atoms. The zero-order valence-corrected chi connectivity index (χ0v) is 8.79. The van der Waals surface area contributed by atoms with E-state index in [0.29, 0.717) is 19.1 Å². The topological polar surface area (TPSA) is 56.5 Å². The fraction of sp³-hybridized carbons (Fsp3) is 1.00. The number of hydrogen-bond acceptors (Lipinski definition) is 4. The molecule has 2 heterocycles. The molecule has 2 saturated heterocycles. The Morgan fingerprint density at radius 1 is 1.57 bits per heavy atom. The van der Waals surface area contributed by atoms with E-state index in [9.17, 15) is 0 Å². The van der Waals surface area contributed by atoms with E-state index >= 15 is 0 Å². The van der Waals surface area contributed by atoms with Crippen molar-refractivity contribution < 1.29 is 9.47 Å². The number of hydrogen-bond donors (Lipinski definition) is 2. The van der Waals surface area contributed by atoms with Crippen molar-refractivity contribution in [2.45, 2.75) is 31.7 Å². The Labute approximate surface area is 85.1 Å². The van der Waals surface area contributed by atoms with Crippen LogP contribution in [0.1, 0.15) is 19.8 Å². The number of nitrogens with one attached hydrogen (secondary N) is 1. The third-order valence-electron chi connectivity index (χ3n) is 3.30. The SMILES string of the molecule is CCC1CNCCC12OCC(CN)O2. The molecule has 82 valence electrons. The highest BCUT2D eigenvalue weighted by molar-refractivity contribution is 4.90. The smallest absolute Gasteiger partial charge is 0.174 e. The second kappa shape index (κ2) is 4.14. The molecule has 2 aliphatic rings. The van der Waals surface area contributed by atoms with Gasteiger partial charge in [-0.3, -0.25) is 0 Å². The molecule has 0 aromatic heterocycles. The summed E-state index contributed by atoms with van der Waals surface area (Å²) < 4.78 is 11.8. The molecule has 0 aromatic rings. The number of rotatable bonds is 2. The molecule has 0 radical (unpaired) electrons. The lowest BCUT2D eigenvalue weighted by molar-refractivity contribution is -0.216.